The third kappa shape index (κ3) is 3.75. The van der Waals surface area contributed by atoms with Crippen LogP contribution in [0, 0.1) is 5.92 Å². The number of fused-ring (bicyclic) bond motifs is 1. The number of para-hydroxylation sites is 1. The third-order valence-electron chi connectivity index (χ3n) is 4.23. The molecular formula is C19H22N2O3S. The van der Waals surface area contributed by atoms with Crippen LogP contribution >= 0.6 is 0 Å². The van der Waals surface area contributed by atoms with E-state index in [4.69, 9.17) is 0 Å². The number of hydrogen-bond donors (Lipinski definition) is 1. The average molecular weight is 358 g/mol. The zero-order chi connectivity index (χ0) is 18.0. The topological polar surface area (TPSA) is 66.5 Å². The first kappa shape index (κ1) is 17.6. The highest BCUT2D eigenvalue weighted by atomic mass is 32.2. The van der Waals surface area contributed by atoms with Crippen molar-refractivity contribution in [1.29, 1.82) is 0 Å². The predicted molar refractivity (Wildman–Crippen MR) is 98.3 cm³/mol. The Balaban J connectivity index is 1.78. The normalized spacial score (nSPS) is 14.0. The molecule has 0 bridgehead atoms. The lowest BCUT2D eigenvalue weighted by Crippen LogP contribution is -2.29. The number of carbonyl (C=O) groups excluding carboxylic acids is 1. The minimum absolute atomic E-state index is 0.107. The van der Waals surface area contributed by atoms with Gasteiger partial charge in [0.25, 0.3) is 5.91 Å². The van der Waals surface area contributed by atoms with Crippen molar-refractivity contribution in [3.63, 3.8) is 0 Å². The Morgan fingerprint density at radius 3 is 2.48 bits per heavy atom. The van der Waals surface area contributed by atoms with Gasteiger partial charge in [0.1, 0.15) is 0 Å². The second-order valence-corrected chi connectivity index (χ2v) is 8.37. The van der Waals surface area contributed by atoms with Gasteiger partial charge in [-0.25, -0.2) is 13.1 Å². The third-order valence-corrected chi connectivity index (χ3v) is 5.66. The molecule has 2 aromatic carbocycles. The summed E-state index contributed by atoms with van der Waals surface area (Å²) < 4.78 is 27.0. The van der Waals surface area contributed by atoms with Crippen molar-refractivity contribution in [2.45, 2.75) is 25.2 Å². The van der Waals surface area contributed by atoms with Crippen LogP contribution in [0.25, 0.3) is 0 Å². The largest absolute Gasteiger partial charge is 0.308 e. The lowest BCUT2D eigenvalue weighted by atomic mass is 10.1. The number of anilines is 1. The van der Waals surface area contributed by atoms with Crippen molar-refractivity contribution >= 4 is 21.6 Å². The lowest BCUT2D eigenvalue weighted by Gasteiger charge is -2.17. The minimum atomic E-state index is -3.54. The van der Waals surface area contributed by atoms with Crippen LogP contribution in [-0.2, 0) is 16.4 Å². The number of nitrogens with one attached hydrogen (secondary N) is 1. The molecule has 0 radical (unpaired) electrons. The fourth-order valence-electron chi connectivity index (χ4n) is 2.84. The second kappa shape index (κ2) is 6.98. The molecule has 5 nitrogen and oxygen atoms in total. The standard InChI is InChI=1S/C19H22N2O3S/c1-14(2)13-20-25(23,24)17-9-7-16(8-10-17)19(22)21-12-11-15-5-3-4-6-18(15)21/h3-10,14,20H,11-13H2,1-2H3. The fraction of sp³-hybridized carbons (Fsp3) is 0.316. The maximum Gasteiger partial charge on any atom is 0.258 e. The van der Waals surface area contributed by atoms with Crippen LogP contribution in [0.1, 0.15) is 29.8 Å². The van der Waals surface area contributed by atoms with E-state index < -0.39 is 10.0 Å². The first-order chi connectivity index (χ1) is 11.9. The molecule has 1 aliphatic heterocycles. The Morgan fingerprint density at radius 2 is 1.80 bits per heavy atom. The van der Waals surface area contributed by atoms with Crippen molar-refractivity contribution in [3.8, 4) is 0 Å². The van der Waals surface area contributed by atoms with Gasteiger partial charge in [-0.15, -0.1) is 0 Å². The van der Waals surface area contributed by atoms with Gasteiger partial charge >= 0.3 is 0 Å². The highest BCUT2D eigenvalue weighted by molar-refractivity contribution is 7.89. The molecule has 0 saturated heterocycles. The van der Waals surface area contributed by atoms with Gasteiger partial charge in [-0.3, -0.25) is 4.79 Å². The van der Waals surface area contributed by atoms with E-state index >= 15 is 0 Å². The van der Waals surface area contributed by atoms with Gasteiger partial charge in [0, 0.05) is 24.3 Å². The van der Waals surface area contributed by atoms with Crippen molar-refractivity contribution in [2.24, 2.45) is 5.92 Å². The van der Waals surface area contributed by atoms with E-state index in [1.165, 1.54) is 12.1 Å². The van der Waals surface area contributed by atoms with Crippen LogP contribution in [0.2, 0.25) is 0 Å². The molecular weight excluding hydrogens is 336 g/mol. The molecule has 1 amide bonds. The fourth-order valence-corrected chi connectivity index (χ4v) is 4.06. The van der Waals surface area contributed by atoms with E-state index in [1.807, 2.05) is 38.1 Å². The SMILES string of the molecule is CC(C)CNS(=O)(=O)c1ccc(C(=O)N2CCc3ccccc32)cc1. The van der Waals surface area contributed by atoms with Gasteiger partial charge in [-0.1, -0.05) is 32.0 Å². The minimum Gasteiger partial charge on any atom is -0.308 e. The molecule has 1 aliphatic rings. The molecule has 6 heteroatoms. The van der Waals surface area contributed by atoms with E-state index in [0.29, 0.717) is 18.7 Å². The van der Waals surface area contributed by atoms with E-state index in [2.05, 4.69) is 4.72 Å². The quantitative estimate of drug-likeness (QED) is 0.894. The van der Waals surface area contributed by atoms with Crippen molar-refractivity contribution in [1.82, 2.24) is 4.72 Å². The highest BCUT2D eigenvalue weighted by Crippen LogP contribution is 2.29. The molecule has 1 heterocycles. The van der Waals surface area contributed by atoms with Crippen LogP contribution in [0.3, 0.4) is 0 Å². The van der Waals surface area contributed by atoms with Crippen LogP contribution in [0.15, 0.2) is 53.4 Å². The van der Waals surface area contributed by atoms with Crippen LogP contribution in [-0.4, -0.2) is 27.4 Å². The summed E-state index contributed by atoms with van der Waals surface area (Å²) in [5.41, 5.74) is 2.58. The zero-order valence-electron chi connectivity index (χ0n) is 14.4. The molecule has 132 valence electrons. The maximum atomic E-state index is 12.7. The molecule has 25 heavy (non-hydrogen) atoms. The molecule has 1 N–H and O–H groups in total. The summed E-state index contributed by atoms with van der Waals surface area (Å²) in [6.45, 7) is 4.91. The number of hydrogen-bond acceptors (Lipinski definition) is 3. The molecule has 0 saturated carbocycles. The number of rotatable bonds is 5. The Hall–Kier alpha value is -2.18. The van der Waals surface area contributed by atoms with Gasteiger partial charge < -0.3 is 4.90 Å². The van der Waals surface area contributed by atoms with Crippen molar-refractivity contribution < 1.29 is 13.2 Å². The summed E-state index contributed by atoms with van der Waals surface area (Å²) in [4.78, 5) is 14.7. The lowest BCUT2D eigenvalue weighted by molar-refractivity contribution is 0.0989. The molecule has 0 aromatic heterocycles. The Labute approximate surface area is 148 Å². The van der Waals surface area contributed by atoms with E-state index in [-0.39, 0.29) is 16.7 Å². The Bertz CT molecular complexity index is 874. The van der Waals surface area contributed by atoms with Crippen molar-refractivity contribution in [2.75, 3.05) is 18.0 Å². The summed E-state index contributed by atoms with van der Waals surface area (Å²) in [5, 5.41) is 0. The maximum absolute atomic E-state index is 12.7. The molecule has 0 fully saturated rings. The van der Waals surface area contributed by atoms with Crippen LogP contribution < -0.4 is 9.62 Å². The van der Waals surface area contributed by atoms with Crippen LogP contribution in [0.4, 0.5) is 5.69 Å². The monoisotopic (exact) mass is 358 g/mol. The van der Waals surface area contributed by atoms with Gasteiger partial charge in [0.2, 0.25) is 10.0 Å². The number of sulfonamides is 1. The summed E-state index contributed by atoms with van der Waals surface area (Å²) >= 11 is 0. The summed E-state index contributed by atoms with van der Waals surface area (Å²) in [5.74, 6) is 0.120. The smallest absolute Gasteiger partial charge is 0.258 e. The zero-order valence-corrected chi connectivity index (χ0v) is 15.2. The molecule has 0 atom stereocenters. The Kier molecular flexibility index (Phi) is 4.92. The molecule has 0 unspecified atom stereocenters. The molecule has 0 aliphatic carbocycles. The first-order valence-corrected chi connectivity index (χ1v) is 9.86. The number of carbonyl (C=O) groups is 1. The van der Waals surface area contributed by atoms with E-state index in [0.717, 1.165) is 17.7 Å². The van der Waals surface area contributed by atoms with Gasteiger partial charge in [-0.2, -0.15) is 0 Å². The number of amides is 1. The number of benzene rings is 2. The van der Waals surface area contributed by atoms with E-state index in [9.17, 15) is 13.2 Å². The predicted octanol–water partition coefficient (Wildman–Crippen LogP) is 2.82. The van der Waals surface area contributed by atoms with Crippen molar-refractivity contribution in [3.05, 3.63) is 59.7 Å². The molecule has 2 aromatic rings. The van der Waals surface area contributed by atoms with E-state index in [1.54, 1.807) is 17.0 Å². The van der Waals surface area contributed by atoms with Gasteiger partial charge in [0.15, 0.2) is 0 Å². The molecule has 3 rings (SSSR count). The summed E-state index contributed by atoms with van der Waals surface area (Å²) in [7, 11) is -3.54. The highest BCUT2D eigenvalue weighted by Gasteiger charge is 2.25. The average Bonchev–Trinajstić information content (AvgIpc) is 3.04. The molecule has 0 spiro atoms. The first-order valence-electron chi connectivity index (χ1n) is 8.38. The van der Waals surface area contributed by atoms with Gasteiger partial charge in [0.05, 0.1) is 4.90 Å². The Morgan fingerprint density at radius 1 is 1.12 bits per heavy atom. The summed E-state index contributed by atoms with van der Waals surface area (Å²) in [6, 6.07) is 14.0. The number of nitrogens with zero attached hydrogens (tertiary/aromatic N) is 1. The second-order valence-electron chi connectivity index (χ2n) is 6.61. The summed E-state index contributed by atoms with van der Waals surface area (Å²) in [6.07, 6.45) is 0.841. The van der Waals surface area contributed by atoms with Crippen LogP contribution in [0.5, 0.6) is 0 Å². The van der Waals surface area contributed by atoms with Gasteiger partial charge in [-0.05, 0) is 48.2 Å².